The second-order valence-electron chi connectivity index (χ2n) is 8.18. The summed E-state index contributed by atoms with van der Waals surface area (Å²) >= 11 is 0. The first kappa shape index (κ1) is 25.0. The monoisotopic (exact) mass is 479 g/mol. The molecule has 0 aliphatic heterocycles. The molecule has 0 spiro atoms. The topological polar surface area (TPSA) is 74.6 Å². The fraction of sp³-hybridized carbons (Fsp3) is 0.619. The van der Waals surface area contributed by atoms with E-state index >= 15 is 0 Å². The third kappa shape index (κ3) is 6.46. The Morgan fingerprint density at radius 1 is 1.24 bits per heavy atom. The summed E-state index contributed by atoms with van der Waals surface area (Å²) in [6, 6.07) is 0.399. The van der Waals surface area contributed by atoms with Gasteiger partial charge in [-0.2, -0.15) is 18.2 Å². The van der Waals surface area contributed by atoms with Crippen LogP contribution in [-0.2, 0) is 16.6 Å². The second-order valence-corrected chi connectivity index (χ2v) is 8.18. The van der Waals surface area contributed by atoms with Crippen LogP contribution < -0.4 is 14.8 Å². The molecule has 3 rings (SSSR count). The van der Waals surface area contributed by atoms with E-state index in [0.29, 0.717) is 38.4 Å². The molecule has 1 aliphatic carbocycles. The van der Waals surface area contributed by atoms with Crippen LogP contribution in [0, 0.1) is 11.6 Å². The van der Waals surface area contributed by atoms with E-state index in [1.165, 1.54) is 14.0 Å². The van der Waals surface area contributed by atoms with Gasteiger partial charge in [0.1, 0.15) is 17.1 Å². The number of amides is 1. The van der Waals surface area contributed by atoms with E-state index in [2.05, 4.69) is 15.0 Å². The molecule has 1 aliphatic rings. The van der Waals surface area contributed by atoms with Crippen LogP contribution in [0.15, 0.2) is 6.07 Å². The van der Waals surface area contributed by atoms with Gasteiger partial charge in [-0.1, -0.05) is 0 Å². The van der Waals surface area contributed by atoms with Gasteiger partial charge in [-0.05, 0) is 32.6 Å². The number of aromatic nitrogens is 2. The fourth-order valence-electron chi connectivity index (χ4n) is 3.76. The minimum atomic E-state index is -4.69. The van der Waals surface area contributed by atoms with E-state index in [0.717, 1.165) is 4.57 Å². The quantitative estimate of drug-likeness (QED) is 0.579. The van der Waals surface area contributed by atoms with Crippen molar-refractivity contribution in [2.24, 2.45) is 7.05 Å². The number of imidazole rings is 1. The van der Waals surface area contributed by atoms with Crippen molar-refractivity contribution in [2.75, 3.05) is 13.2 Å². The molecule has 1 saturated carbocycles. The van der Waals surface area contributed by atoms with Crippen molar-refractivity contribution in [1.82, 2.24) is 14.9 Å². The molecule has 33 heavy (non-hydrogen) atoms. The summed E-state index contributed by atoms with van der Waals surface area (Å²) in [7, 11) is 1.39. The lowest BCUT2D eigenvalue weighted by Crippen LogP contribution is -2.37. The number of hydrogen-bond donors (Lipinski definition) is 1. The molecule has 1 atom stereocenters. The van der Waals surface area contributed by atoms with Crippen LogP contribution in [0.5, 0.6) is 11.8 Å². The first-order chi connectivity index (χ1) is 15.4. The zero-order valence-corrected chi connectivity index (χ0v) is 18.5. The number of nitrogens with zero attached hydrogens (tertiary/aromatic N) is 2. The number of carbonyl (C=O) groups excluding carboxylic acids is 1. The summed E-state index contributed by atoms with van der Waals surface area (Å²) in [6.07, 6.45) is -2.33. The molecule has 184 valence electrons. The predicted molar refractivity (Wildman–Crippen MR) is 108 cm³/mol. The second kappa shape index (κ2) is 10.1. The number of nitrogens with one attached hydrogen (secondary N) is 1. The summed E-state index contributed by atoms with van der Waals surface area (Å²) < 4.78 is 83.6. The highest BCUT2D eigenvalue weighted by Crippen LogP contribution is 2.33. The van der Waals surface area contributed by atoms with Gasteiger partial charge in [-0.3, -0.25) is 9.36 Å². The number of aryl methyl sites for hydroxylation is 1. The predicted octanol–water partition coefficient (Wildman–Crippen LogP) is 4.02. The molecule has 12 heteroatoms. The van der Waals surface area contributed by atoms with Crippen LogP contribution in [-0.4, -0.2) is 53.1 Å². The third-order valence-electron chi connectivity index (χ3n) is 5.28. The minimum absolute atomic E-state index is 0.00438. The number of rotatable bonds is 8. The molecule has 1 amide bonds. The number of ether oxygens (including phenoxy) is 3. The molecule has 1 heterocycles. The van der Waals surface area contributed by atoms with E-state index < -0.39 is 30.2 Å². The zero-order chi connectivity index (χ0) is 24.3. The van der Waals surface area contributed by atoms with Crippen molar-refractivity contribution in [1.29, 1.82) is 0 Å². The van der Waals surface area contributed by atoms with E-state index in [1.807, 2.05) is 6.92 Å². The molecule has 1 N–H and O–H groups in total. The van der Waals surface area contributed by atoms with Gasteiger partial charge < -0.3 is 19.5 Å². The van der Waals surface area contributed by atoms with Gasteiger partial charge in [0.05, 0.1) is 12.7 Å². The highest BCUT2D eigenvalue weighted by molar-refractivity contribution is 5.80. The van der Waals surface area contributed by atoms with Crippen molar-refractivity contribution in [3.63, 3.8) is 0 Å². The van der Waals surface area contributed by atoms with E-state index in [4.69, 9.17) is 9.47 Å². The highest BCUT2D eigenvalue weighted by Gasteiger charge is 2.31. The standard InChI is InChI=1S/C21H26F5N3O4/c1-11(27-12(2)30)9-31-13-4-6-14(7-5-13)33-20-28-18-15(22)8-16(32-10-21(24,25)26)17(23)19(18)29(20)3/h8,11,13-14H,4-7,9-10H2,1-3H3,(H,27,30)/t11-,13?,14?/m0/s1. The van der Waals surface area contributed by atoms with Crippen LogP contribution in [0.2, 0.25) is 0 Å². The Morgan fingerprint density at radius 2 is 1.88 bits per heavy atom. The van der Waals surface area contributed by atoms with Gasteiger partial charge in [0, 0.05) is 26.1 Å². The zero-order valence-electron chi connectivity index (χ0n) is 18.5. The van der Waals surface area contributed by atoms with E-state index in [9.17, 15) is 26.7 Å². The summed E-state index contributed by atoms with van der Waals surface area (Å²) in [4.78, 5) is 15.1. The maximum atomic E-state index is 14.7. The summed E-state index contributed by atoms with van der Waals surface area (Å²) in [5.74, 6) is -3.14. The molecule has 0 unspecified atom stereocenters. The van der Waals surface area contributed by atoms with Gasteiger partial charge in [0.15, 0.2) is 24.0 Å². The number of carbonyl (C=O) groups is 1. The molecule has 0 bridgehead atoms. The SMILES string of the molecule is CC(=O)N[C@@H](C)COC1CCC(Oc2nc3c(F)cc(OCC(F)(F)F)c(F)c3n2C)CC1. The summed E-state index contributed by atoms with van der Waals surface area (Å²) in [6.45, 7) is 1.93. The van der Waals surface area contributed by atoms with E-state index in [1.54, 1.807) is 0 Å². The normalized spacial score (nSPS) is 20.0. The Morgan fingerprint density at radius 3 is 2.48 bits per heavy atom. The third-order valence-corrected chi connectivity index (χ3v) is 5.28. The lowest BCUT2D eigenvalue weighted by atomic mass is 9.95. The largest absolute Gasteiger partial charge is 0.481 e. The van der Waals surface area contributed by atoms with Crippen molar-refractivity contribution >= 4 is 16.9 Å². The molecule has 0 saturated heterocycles. The van der Waals surface area contributed by atoms with Gasteiger partial charge in [-0.15, -0.1) is 0 Å². The van der Waals surface area contributed by atoms with Crippen molar-refractivity contribution in [2.45, 2.75) is 64.0 Å². The smallest absolute Gasteiger partial charge is 0.422 e. The molecule has 7 nitrogen and oxygen atoms in total. The Bertz CT molecular complexity index is 987. The lowest BCUT2D eigenvalue weighted by molar-refractivity contribution is -0.153. The van der Waals surface area contributed by atoms with Gasteiger partial charge in [0.2, 0.25) is 5.91 Å². The van der Waals surface area contributed by atoms with E-state index in [-0.39, 0.29) is 41.2 Å². The van der Waals surface area contributed by atoms with Crippen LogP contribution in [0.4, 0.5) is 22.0 Å². The van der Waals surface area contributed by atoms with Crippen LogP contribution in [0.25, 0.3) is 11.0 Å². The lowest BCUT2D eigenvalue weighted by Gasteiger charge is -2.29. The van der Waals surface area contributed by atoms with Crippen molar-refractivity contribution in [3.05, 3.63) is 17.7 Å². The first-order valence-corrected chi connectivity index (χ1v) is 10.5. The number of alkyl halides is 3. The molecular formula is C21H26F5N3O4. The van der Waals surface area contributed by atoms with Crippen LogP contribution in [0.1, 0.15) is 39.5 Å². The molecule has 1 fully saturated rings. The first-order valence-electron chi connectivity index (χ1n) is 10.5. The van der Waals surface area contributed by atoms with Gasteiger partial charge in [0.25, 0.3) is 6.01 Å². The summed E-state index contributed by atoms with van der Waals surface area (Å²) in [5, 5.41) is 2.75. The molecule has 2 aromatic rings. The van der Waals surface area contributed by atoms with Crippen LogP contribution in [0.3, 0.4) is 0 Å². The Kier molecular flexibility index (Phi) is 7.65. The number of halogens is 5. The van der Waals surface area contributed by atoms with Crippen LogP contribution >= 0.6 is 0 Å². The average Bonchev–Trinajstić information content (AvgIpc) is 3.05. The van der Waals surface area contributed by atoms with Crippen molar-refractivity contribution in [3.8, 4) is 11.8 Å². The Labute approximate surface area is 187 Å². The number of hydrogen-bond acceptors (Lipinski definition) is 5. The molecule has 0 radical (unpaired) electrons. The number of fused-ring (bicyclic) bond motifs is 1. The summed E-state index contributed by atoms with van der Waals surface area (Å²) in [5.41, 5.74) is -0.695. The van der Waals surface area contributed by atoms with Gasteiger partial charge >= 0.3 is 6.18 Å². The minimum Gasteiger partial charge on any atom is -0.481 e. The molecular weight excluding hydrogens is 453 g/mol. The molecule has 1 aromatic carbocycles. The Balaban J connectivity index is 1.63. The van der Waals surface area contributed by atoms with Gasteiger partial charge in [-0.25, -0.2) is 8.78 Å². The number of benzene rings is 1. The molecule has 1 aromatic heterocycles. The average molecular weight is 479 g/mol. The maximum absolute atomic E-state index is 14.7. The maximum Gasteiger partial charge on any atom is 0.422 e. The van der Waals surface area contributed by atoms with Crippen molar-refractivity contribution < 1.29 is 41.0 Å². The Hall–Kier alpha value is -2.63. The highest BCUT2D eigenvalue weighted by atomic mass is 19.4. The fourth-order valence-corrected chi connectivity index (χ4v) is 3.76.